The van der Waals surface area contributed by atoms with E-state index in [9.17, 15) is 14.4 Å². The molecule has 0 unspecified atom stereocenters. The van der Waals surface area contributed by atoms with Gasteiger partial charge in [0.25, 0.3) is 0 Å². The summed E-state index contributed by atoms with van der Waals surface area (Å²) in [4.78, 5) is 34.7. The predicted molar refractivity (Wildman–Crippen MR) is 84.7 cm³/mol. The smallest absolute Gasteiger partial charge is 0.235 e. The number of halogens is 2. The zero-order chi connectivity index (χ0) is 16.5. The lowest BCUT2D eigenvalue weighted by Gasteiger charge is -2.25. The Morgan fingerprint density at radius 1 is 1.00 bits per heavy atom. The Morgan fingerprint density at radius 2 is 1.57 bits per heavy atom. The highest BCUT2D eigenvalue weighted by Gasteiger charge is 2.30. The van der Waals surface area contributed by atoms with E-state index in [4.69, 9.17) is 23.2 Å². The van der Waals surface area contributed by atoms with Gasteiger partial charge in [0.05, 0.1) is 6.04 Å². The lowest BCUT2D eigenvalue weighted by Crippen LogP contribution is -2.46. The molecule has 0 bridgehead atoms. The monoisotopic (exact) mass is 338 g/mol. The third-order valence-electron chi connectivity index (χ3n) is 2.88. The molecule has 1 atom stereocenters. The van der Waals surface area contributed by atoms with Crippen LogP contribution in [0.15, 0.2) is 0 Å². The van der Waals surface area contributed by atoms with Gasteiger partial charge in [-0.25, -0.2) is 0 Å². The Kier molecular flexibility index (Phi) is 9.62. The van der Waals surface area contributed by atoms with Crippen LogP contribution in [0.3, 0.4) is 0 Å². The van der Waals surface area contributed by atoms with Crippen LogP contribution >= 0.6 is 23.2 Å². The van der Waals surface area contributed by atoms with Crippen LogP contribution in [0.5, 0.6) is 0 Å². The van der Waals surface area contributed by atoms with E-state index < -0.39 is 11.5 Å². The SMILES string of the molecule is CC(C)(C)C(=O)[C@H](CCCCNC(=O)CCl)NC(=O)CCl. The van der Waals surface area contributed by atoms with Crippen LogP contribution in [0.4, 0.5) is 0 Å². The summed E-state index contributed by atoms with van der Waals surface area (Å²) in [6.45, 7) is 5.95. The van der Waals surface area contributed by atoms with Gasteiger partial charge in [-0.1, -0.05) is 20.8 Å². The van der Waals surface area contributed by atoms with Gasteiger partial charge in [-0.05, 0) is 19.3 Å². The standard InChI is InChI=1S/C14H24Cl2N2O3/c1-14(2,3)13(21)10(18-12(20)9-16)6-4-5-7-17-11(19)8-15/h10H,4-9H2,1-3H3,(H,17,19)(H,18,20)/t10-/m0/s1. The van der Waals surface area contributed by atoms with Gasteiger partial charge >= 0.3 is 0 Å². The van der Waals surface area contributed by atoms with Crippen molar-refractivity contribution in [2.75, 3.05) is 18.3 Å². The largest absolute Gasteiger partial charge is 0.355 e. The van der Waals surface area contributed by atoms with E-state index in [0.717, 1.165) is 0 Å². The molecular formula is C14H24Cl2N2O3. The number of unbranched alkanes of at least 4 members (excludes halogenated alkanes) is 1. The van der Waals surface area contributed by atoms with Gasteiger partial charge in [0.2, 0.25) is 11.8 Å². The molecule has 0 aliphatic rings. The second-order valence-electron chi connectivity index (χ2n) is 5.85. The minimum absolute atomic E-state index is 0.0224. The summed E-state index contributed by atoms with van der Waals surface area (Å²) in [7, 11) is 0. The number of nitrogens with one attached hydrogen (secondary N) is 2. The average Bonchev–Trinajstić information content (AvgIpc) is 2.43. The fourth-order valence-corrected chi connectivity index (χ4v) is 1.94. The Hall–Kier alpha value is -0.810. The molecule has 7 heteroatoms. The van der Waals surface area contributed by atoms with E-state index >= 15 is 0 Å². The minimum atomic E-state index is -0.542. The van der Waals surface area contributed by atoms with E-state index in [0.29, 0.717) is 25.8 Å². The quantitative estimate of drug-likeness (QED) is 0.497. The van der Waals surface area contributed by atoms with E-state index in [1.807, 2.05) is 20.8 Å². The van der Waals surface area contributed by atoms with E-state index in [1.54, 1.807) is 0 Å². The lowest BCUT2D eigenvalue weighted by molar-refractivity contribution is -0.132. The van der Waals surface area contributed by atoms with Gasteiger partial charge in [-0.15, -0.1) is 23.2 Å². The fraction of sp³-hybridized carbons (Fsp3) is 0.786. The molecule has 122 valence electrons. The van der Waals surface area contributed by atoms with Gasteiger partial charge in [-0.3, -0.25) is 14.4 Å². The van der Waals surface area contributed by atoms with Gasteiger partial charge in [0, 0.05) is 12.0 Å². The molecule has 0 saturated heterocycles. The summed E-state index contributed by atoms with van der Waals surface area (Å²) < 4.78 is 0. The van der Waals surface area contributed by atoms with Crippen LogP contribution in [0.2, 0.25) is 0 Å². The second-order valence-corrected chi connectivity index (χ2v) is 6.38. The molecule has 0 aromatic heterocycles. The molecule has 0 rings (SSSR count). The van der Waals surface area contributed by atoms with Crippen LogP contribution in [-0.2, 0) is 14.4 Å². The number of hydrogen-bond acceptors (Lipinski definition) is 3. The van der Waals surface area contributed by atoms with Crippen molar-refractivity contribution < 1.29 is 14.4 Å². The number of carbonyl (C=O) groups is 3. The molecule has 2 amide bonds. The maximum absolute atomic E-state index is 12.3. The maximum Gasteiger partial charge on any atom is 0.235 e. The highest BCUT2D eigenvalue weighted by Crippen LogP contribution is 2.19. The number of ketones is 1. The number of rotatable bonds is 9. The number of hydrogen-bond donors (Lipinski definition) is 2. The van der Waals surface area contributed by atoms with Crippen molar-refractivity contribution in [1.29, 1.82) is 0 Å². The molecule has 0 aromatic carbocycles. The highest BCUT2D eigenvalue weighted by molar-refractivity contribution is 6.27. The molecule has 5 nitrogen and oxygen atoms in total. The first-order chi connectivity index (χ1) is 9.72. The van der Waals surface area contributed by atoms with Gasteiger partial charge in [-0.2, -0.15) is 0 Å². The van der Waals surface area contributed by atoms with Crippen molar-refractivity contribution in [3.63, 3.8) is 0 Å². The molecule has 0 fully saturated rings. The van der Waals surface area contributed by atoms with Crippen LogP contribution in [0, 0.1) is 5.41 Å². The van der Waals surface area contributed by atoms with Crippen LogP contribution in [0.25, 0.3) is 0 Å². The van der Waals surface area contributed by atoms with Crippen molar-refractivity contribution in [2.45, 2.75) is 46.1 Å². The summed E-state index contributed by atoms with van der Waals surface area (Å²) in [6, 6.07) is -0.542. The molecule has 0 saturated carbocycles. The van der Waals surface area contributed by atoms with E-state index in [1.165, 1.54) is 0 Å². The zero-order valence-corrected chi connectivity index (χ0v) is 14.3. The Bertz CT molecular complexity index is 368. The second kappa shape index (κ2) is 10.0. The van der Waals surface area contributed by atoms with Crippen LogP contribution in [-0.4, -0.2) is 41.9 Å². The number of Topliss-reactive ketones (excluding diaryl/α,β-unsaturated/α-hetero) is 1. The average molecular weight is 339 g/mol. The van der Waals surface area contributed by atoms with E-state index in [2.05, 4.69) is 10.6 Å². The molecule has 0 aliphatic heterocycles. The normalized spacial score (nSPS) is 12.6. The van der Waals surface area contributed by atoms with Crippen LogP contribution < -0.4 is 10.6 Å². The third-order valence-corrected chi connectivity index (χ3v) is 3.36. The summed E-state index contributed by atoms with van der Waals surface area (Å²) >= 11 is 10.8. The van der Waals surface area contributed by atoms with Crippen molar-refractivity contribution in [3.05, 3.63) is 0 Å². The predicted octanol–water partition coefficient (Wildman–Crippen LogP) is 1.85. The van der Waals surface area contributed by atoms with E-state index in [-0.39, 0.29) is 29.4 Å². The van der Waals surface area contributed by atoms with Crippen molar-refractivity contribution in [2.24, 2.45) is 5.41 Å². The summed E-state index contributed by atoms with van der Waals surface area (Å²) in [5.74, 6) is -0.814. The topological polar surface area (TPSA) is 75.3 Å². The first-order valence-corrected chi connectivity index (χ1v) is 8.01. The van der Waals surface area contributed by atoms with Crippen LogP contribution in [0.1, 0.15) is 40.0 Å². The third kappa shape index (κ3) is 8.94. The Labute approximate surface area is 136 Å². The molecule has 0 aromatic rings. The first-order valence-electron chi connectivity index (χ1n) is 6.94. The van der Waals surface area contributed by atoms with Crippen molar-refractivity contribution in [1.82, 2.24) is 10.6 Å². The van der Waals surface area contributed by atoms with Crippen molar-refractivity contribution >= 4 is 40.8 Å². The maximum atomic E-state index is 12.3. The zero-order valence-electron chi connectivity index (χ0n) is 12.8. The number of amides is 2. The Morgan fingerprint density at radius 3 is 2.05 bits per heavy atom. The van der Waals surface area contributed by atoms with Gasteiger partial charge in [0.1, 0.15) is 11.8 Å². The highest BCUT2D eigenvalue weighted by atomic mass is 35.5. The number of carbonyl (C=O) groups excluding carboxylic acids is 3. The first kappa shape index (κ1) is 20.2. The molecule has 0 aliphatic carbocycles. The molecular weight excluding hydrogens is 315 g/mol. The number of alkyl halides is 2. The summed E-state index contributed by atoms with van der Waals surface area (Å²) in [5.41, 5.74) is -0.531. The van der Waals surface area contributed by atoms with Gasteiger partial charge in [0.15, 0.2) is 5.78 Å². The molecule has 21 heavy (non-hydrogen) atoms. The Balaban J connectivity index is 4.32. The van der Waals surface area contributed by atoms with Crippen molar-refractivity contribution in [3.8, 4) is 0 Å². The molecule has 0 radical (unpaired) electrons. The summed E-state index contributed by atoms with van der Waals surface area (Å²) in [6.07, 6.45) is 1.94. The fourth-order valence-electron chi connectivity index (χ4n) is 1.77. The minimum Gasteiger partial charge on any atom is -0.355 e. The summed E-state index contributed by atoms with van der Waals surface area (Å²) in [5, 5.41) is 5.31. The van der Waals surface area contributed by atoms with Gasteiger partial charge < -0.3 is 10.6 Å². The lowest BCUT2D eigenvalue weighted by atomic mass is 9.84. The molecule has 2 N–H and O–H groups in total. The molecule has 0 spiro atoms. The molecule has 0 heterocycles.